The maximum Gasteiger partial charge on any atom is 0.307 e. The molecule has 5 heteroatoms. The number of rotatable bonds is 4. The lowest BCUT2D eigenvalue weighted by Gasteiger charge is -2.08. The molecule has 0 atom stereocenters. The smallest absolute Gasteiger partial charge is 0.307 e. The van der Waals surface area contributed by atoms with Gasteiger partial charge in [0.2, 0.25) is 0 Å². The Labute approximate surface area is 117 Å². The monoisotopic (exact) mass is 274 g/mol. The highest BCUT2D eigenvalue weighted by Crippen LogP contribution is 2.31. The molecule has 0 saturated carbocycles. The topological polar surface area (TPSA) is 75.3 Å². The van der Waals surface area contributed by atoms with E-state index in [1.54, 1.807) is 16.8 Å². The minimum Gasteiger partial charge on any atom is -0.508 e. The van der Waals surface area contributed by atoms with Crippen LogP contribution in [0.5, 0.6) is 5.75 Å². The van der Waals surface area contributed by atoms with Gasteiger partial charge in [-0.05, 0) is 29.2 Å². The van der Waals surface area contributed by atoms with Crippen molar-refractivity contribution in [1.82, 2.24) is 9.78 Å². The van der Waals surface area contributed by atoms with Crippen LogP contribution in [0, 0.1) is 0 Å². The van der Waals surface area contributed by atoms with E-state index >= 15 is 0 Å². The third kappa shape index (κ3) is 2.99. The lowest BCUT2D eigenvalue weighted by atomic mass is 9.97. The second kappa shape index (κ2) is 5.36. The number of phenols is 1. The van der Waals surface area contributed by atoms with Crippen LogP contribution in [0.1, 0.15) is 31.0 Å². The SMILES string of the molecule is CC(C)c1nn(C)cc1-c1cc(O)cc(CC(=O)O)c1. The fourth-order valence-electron chi connectivity index (χ4n) is 2.26. The maximum absolute atomic E-state index is 10.8. The van der Waals surface area contributed by atoms with Crippen LogP contribution in [0.4, 0.5) is 0 Å². The number of phenolic OH excluding ortho intramolecular Hbond substituents is 1. The first kappa shape index (κ1) is 14.1. The highest BCUT2D eigenvalue weighted by Gasteiger charge is 2.15. The van der Waals surface area contributed by atoms with Gasteiger partial charge in [-0.2, -0.15) is 5.10 Å². The van der Waals surface area contributed by atoms with Crippen molar-refractivity contribution in [3.05, 3.63) is 35.7 Å². The molecule has 0 aliphatic carbocycles. The van der Waals surface area contributed by atoms with Crippen LogP contribution in [0.2, 0.25) is 0 Å². The summed E-state index contributed by atoms with van der Waals surface area (Å²) in [7, 11) is 1.84. The van der Waals surface area contributed by atoms with E-state index in [0.717, 1.165) is 16.8 Å². The van der Waals surface area contributed by atoms with Crippen molar-refractivity contribution in [3.8, 4) is 16.9 Å². The summed E-state index contributed by atoms with van der Waals surface area (Å²) in [5.74, 6) is -0.606. The minimum absolute atomic E-state index is 0.0670. The number of benzene rings is 1. The molecule has 0 amide bonds. The molecule has 0 bridgehead atoms. The van der Waals surface area contributed by atoms with Crippen LogP contribution in [-0.4, -0.2) is 26.0 Å². The second-order valence-corrected chi connectivity index (χ2v) is 5.22. The zero-order chi connectivity index (χ0) is 14.9. The number of carboxylic acids is 1. The van der Waals surface area contributed by atoms with Gasteiger partial charge in [0, 0.05) is 18.8 Å². The average molecular weight is 274 g/mol. The van der Waals surface area contributed by atoms with E-state index < -0.39 is 5.97 Å². The molecule has 0 radical (unpaired) electrons. The lowest BCUT2D eigenvalue weighted by Crippen LogP contribution is -2.00. The quantitative estimate of drug-likeness (QED) is 0.898. The standard InChI is InChI=1S/C15H18N2O3/c1-9(2)15-13(8-17(3)16-15)11-4-10(6-14(19)20)5-12(18)7-11/h4-5,7-9,18H,6H2,1-3H3,(H,19,20). The Bertz CT molecular complexity index is 645. The molecule has 2 rings (SSSR count). The molecule has 5 nitrogen and oxygen atoms in total. The molecule has 1 aromatic heterocycles. The first-order valence-electron chi connectivity index (χ1n) is 6.45. The van der Waals surface area contributed by atoms with Crippen molar-refractivity contribution < 1.29 is 15.0 Å². The average Bonchev–Trinajstić information content (AvgIpc) is 2.69. The number of aromatic hydroxyl groups is 1. The minimum atomic E-state index is -0.920. The number of carboxylic acid groups (broad SMARTS) is 1. The Hall–Kier alpha value is -2.30. The molecule has 0 aliphatic rings. The van der Waals surface area contributed by atoms with Crippen LogP contribution >= 0.6 is 0 Å². The molecule has 106 valence electrons. The summed E-state index contributed by atoms with van der Waals surface area (Å²) in [4.78, 5) is 10.8. The lowest BCUT2D eigenvalue weighted by molar-refractivity contribution is -0.136. The highest BCUT2D eigenvalue weighted by molar-refractivity contribution is 5.73. The van der Waals surface area contributed by atoms with Gasteiger partial charge in [0.25, 0.3) is 0 Å². The fraction of sp³-hybridized carbons (Fsp3) is 0.333. The van der Waals surface area contributed by atoms with E-state index in [0.29, 0.717) is 5.56 Å². The normalized spacial score (nSPS) is 11.0. The summed E-state index contributed by atoms with van der Waals surface area (Å²) >= 11 is 0. The van der Waals surface area contributed by atoms with Crippen molar-refractivity contribution >= 4 is 5.97 Å². The Balaban J connectivity index is 2.52. The molecule has 0 spiro atoms. The molecule has 2 N–H and O–H groups in total. The predicted octanol–water partition coefficient (Wildman–Crippen LogP) is 2.54. The van der Waals surface area contributed by atoms with E-state index in [1.165, 1.54) is 6.07 Å². The molecular formula is C15H18N2O3. The zero-order valence-corrected chi connectivity index (χ0v) is 11.8. The van der Waals surface area contributed by atoms with Crippen molar-refractivity contribution in [1.29, 1.82) is 0 Å². The van der Waals surface area contributed by atoms with E-state index in [2.05, 4.69) is 5.10 Å². The van der Waals surface area contributed by atoms with Crippen LogP contribution < -0.4 is 0 Å². The second-order valence-electron chi connectivity index (χ2n) is 5.22. The van der Waals surface area contributed by atoms with Crippen molar-refractivity contribution in [2.24, 2.45) is 7.05 Å². The number of carbonyl (C=O) groups is 1. The number of aliphatic carboxylic acids is 1. The number of aryl methyl sites for hydroxylation is 1. The van der Waals surface area contributed by atoms with E-state index in [-0.39, 0.29) is 18.1 Å². The molecule has 20 heavy (non-hydrogen) atoms. The summed E-state index contributed by atoms with van der Waals surface area (Å²) in [5, 5.41) is 23.1. The summed E-state index contributed by atoms with van der Waals surface area (Å²) in [6, 6.07) is 4.90. The fourth-order valence-corrected chi connectivity index (χ4v) is 2.26. The number of hydrogen-bond donors (Lipinski definition) is 2. The Kier molecular flexibility index (Phi) is 3.79. The van der Waals surface area contributed by atoms with Crippen molar-refractivity contribution in [3.63, 3.8) is 0 Å². The maximum atomic E-state index is 10.8. The molecular weight excluding hydrogens is 256 g/mol. The zero-order valence-electron chi connectivity index (χ0n) is 11.8. The molecule has 2 aromatic rings. The largest absolute Gasteiger partial charge is 0.508 e. The van der Waals surface area contributed by atoms with E-state index in [4.69, 9.17) is 5.11 Å². The Morgan fingerprint density at radius 3 is 2.65 bits per heavy atom. The van der Waals surface area contributed by atoms with Crippen molar-refractivity contribution in [2.75, 3.05) is 0 Å². The van der Waals surface area contributed by atoms with Crippen LogP contribution in [0.25, 0.3) is 11.1 Å². The van der Waals surface area contributed by atoms with Crippen LogP contribution in [-0.2, 0) is 18.3 Å². The van der Waals surface area contributed by atoms with Gasteiger partial charge in [-0.15, -0.1) is 0 Å². The first-order valence-corrected chi connectivity index (χ1v) is 6.45. The third-order valence-electron chi connectivity index (χ3n) is 3.05. The summed E-state index contributed by atoms with van der Waals surface area (Å²) in [5.41, 5.74) is 3.22. The van der Waals surface area contributed by atoms with Gasteiger partial charge in [0.05, 0.1) is 12.1 Å². The predicted molar refractivity (Wildman–Crippen MR) is 75.7 cm³/mol. The third-order valence-corrected chi connectivity index (χ3v) is 3.05. The Morgan fingerprint density at radius 2 is 2.05 bits per heavy atom. The number of nitrogens with zero attached hydrogens (tertiary/aromatic N) is 2. The van der Waals surface area contributed by atoms with Crippen LogP contribution in [0.15, 0.2) is 24.4 Å². The van der Waals surface area contributed by atoms with Gasteiger partial charge in [-0.1, -0.05) is 19.9 Å². The summed E-state index contributed by atoms with van der Waals surface area (Å²) in [6.45, 7) is 4.10. The van der Waals surface area contributed by atoms with E-state index in [9.17, 15) is 9.90 Å². The highest BCUT2D eigenvalue weighted by atomic mass is 16.4. The summed E-state index contributed by atoms with van der Waals surface area (Å²) in [6.07, 6.45) is 1.77. The van der Waals surface area contributed by atoms with Gasteiger partial charge in [-0.3, -0.25) is 9.48 Å². The van der Waals surface area contributed by atoms with Gasteiger partial charge in [0.15, 0.2) is 0 Å². The Morgan fingerprint density at radius 1 is 1.35 bits per heavy atom. The summed E-state index contributed by atoms with van der Waals surface area (Å²) < 4.78 is 1.73. The molecule has 1 heterocycles. The molecule has 0 saturated heterocycles. The van der Waals surface area contributed by atoms with Gasteiger partial charge >= 0.3 is 5.97 Å². The van der Waals surface area contributed by atoms with Gasteiger partial charge < -0.3 is 10.2 Å². The molecule has 0 aliphatic heterocycles. The van der Waals surface area contributed by atoms with Gasteiger partial charge in [0.1, 0.15) is 5.75 Å². The number of hydrogen-bond acceptors (Lipinski definition) is 3. The molecule has 0 unspecified atom stereocenters. The molecule has 0 fully saturated rings. The number of aromatic nitrogens is 2. The first-order chi connectivity index (χ1) is 9.36. The van der Waals surface area contributed by atoms with Crippen LogP contribution in [0.3, 0.4) is 0 Å². The van der Waals surface area contributed by atoms with E-state index in [1.807, 2.05) is 27.1 Å². The van der Waals surface area contributed by atoms with Crippen molar-refractivity contribution in [2.45, 2.75) is 26.2 Å². The molecule has 1 aromatic carbocycles. The van der Waals surface area contributed by atoms with Gasteiger partial charge in [-0.25, -0.2) is 0 Å².